The zero-order chi connectivity index (χ0) is 15.6. The number of amides is 1. The average Bonchev–Trinajstić information content (AvgIpc) is 2.69. The third kappa shape index (κ3) is 3.53. The third-order valence-electron chi connectivity index (χ3n) is 4.22. The molecule has 2 saturated heterocycles. The smallest absolute Gasteiger partial charge is 0.254 e. The van der Waals surface area contributed by atoms with Gasteiger partial charge in [-0.3, -0.25) is 4.79 Å². The first-order valence-corrected chi connectivity index (χ1v) is 7.32. The van der Waals surface area contributed by atoms with Crippen LogP contribution < -0.4 is 5.73 Å². The Morgan fingerprint density at radius 2 is 1.86 bits per heavy atom. The molecule has 0 bridgehead atoms. The fourth-order valence-corrected chi connectivity index (χ4v) is 2.80. The van der Waals surface area contributed by atoms with Gasteiger partial charge in [0.1, 0.15) is 18.3 Å². The normalized spacial score (nSPS) is 39.1. The van der Waals surface area contributed by atoms with Crippen molar-refractivity contribution >= 4 is 5.91 Å². The SMILES string of the molecule is CN1CCCN(C(=O)[C@H]2O[C@@H](CN)[C@H](O)[C@@H](O)[C@H]2O)CC1. The first kappa shape index (κ1) is 16.6. The Hall–Kier alpha value is -0.770. The topological polar surface area (TPSA) is 119 Å². The molecule has 2 aliphatic heterocycles. The van der Waals surface area contributed by atoms with Crippen LogP contribution in [0.2, 0.25) is 0 Å². The summed E-state index contributed by atoms with van der Waals surface area (Å²) in [4.78, 5) is 16.3. The number of aliphatic hydroxyl groups is 3. The molecule has 0 aromatic carbocycles. The van der Waals surface area contributed by atoms with Crippen LogP contribution in [-0.4, -0.2) is 101 Å². The summed E-state index contributed by atoms with van der Waals surface area (Å²) < 4.78 is 5.42. The molecule has 2 fully saturated rings. The fourth-order valence-electron chi connectivity index (χ4n) is 2.80. The Morgan fingerprint density at radius 1 is 1.14 bits per heavy atom. The second-order valence-corrected chi connectivity index (χ2v) is 5.78. The first-order chi connectivity index (χ1) is 9.95. The fraction of sp³-hybridized carbons (Fsp3) is 0.923. The molecule has 0 radical (unpaired) electrons. The van der Waals surface area contributed by atoms with E-state index < -0.39 is 30.5 Å². The van der Waals surface area contributed by atoms with Crippen molar-refractivity contribution < 1.29 is 24.9 Å². The van der Waals surface area contributed by atoms with Crippen LogP contribution in [0.15, 0.2) is 0 Å². The van der Waals surface area contributed by atoms with Gasteiger partial charge in [0.25, 0.3) is 5.91 Å². The zero-order valence-corrected chi connectivity index (χ0v) is 12.3. The molecule has 2 heterocycles. The first-order valence-electron chi connectivity index (χ1n) is 7.32. The van der Waals surface area contributed by atoms with Crippen molar-refractivity contribution in [2.24, 2.45) is 5.73 Å². The van der Waals surface area contributed by atoms with E-state index in [0.717, 1.165) is 19.5 Å². The largest absolute Gasteiger partial charge is 0.388 e. The lowest BCUT2D eigenvalue weighted by molar-refractivity contribution is -0.222. The molecule has 5 N–H and O–H groups in total. The molecule has 0 unspecified atom stereocenters. The van der Waals surface area contributed by atoms with Crippen LogP contribution in [0.1, 0.15) is 6.42 Å². The highest BCUT2D eigenvalue weighted by atomic mass is 16.5. The van der Waals surface area contributed by atoms with E-state index in [2.05, 4.69) is 4.90 Å². The number of aliphatic hydroxyl groups excluding tert-OH is 3. The van der Waals surface area contributed by atoms with Crippen LogP contribution >= 0.6 is 0 Å². The molecular weight excluding hydrogens is 278 g/mol. The minimum Gasteiger partial charge on any atom is -0.388 e. The van der Waals surface area contributed by atoms with E-state index in [1.807, 2.05) is 7.05 Å². The number of nitrogens with zero attached hydrogens (tertiary/aromatic N) is 2. The number of likely N-dealkylation sites (N-methyl/N-ethyl adjacent to an activating group) is 1. The van der Waals surface area contributed by atoms with Gasteiger partial charge in [-0.25, -0.2) is 0 Å². The molecule has 2 rings (SSSR count). The minimum atomic E-state index is -1.45. The lowest BCUT2D eigenvalue weighted by Gasteiger charge is -2.41. The van der Waals surface area contributed by atoms with Crippen LogP contribution in [0.4, 0.5) is 0 Å². The van der Waals surface area contributed by atoms with Crippen LogP contribution in [0.5, 0.6) is 0 Å². The lowest BCUT2D eigenvalue weighted by atomic mass is 9.94. The van der Waals surface area contributed by atoms with Crippen LogP contribution in [0, 0.1) is 0 Å². The highest BCUT2D eigenvalue weighted by molar-refractivity contribution is 5.82. The molecule has 1 amide bonds. The summed E-state index contributed by atoms with van der Waals surface area (Å²) in [7, 11) is 1.99. The van der Waals surface area contributed by atoms with Crippen LogP contribution in [0.25, 0.3) is 0 Å². The Bertz CT molecular complexity index is 368. The van der Waals surface area contributed by atoms with Crippen molar-refractivity contribution in [1.29, 1.82) is 0 Å². The van der Waals surface area contributed by atoms with Crippen LogP contribution in [-0.2, 0) is 9.53 Å². The number of rotatable bonds is 2. The van der Waals surface area contributed by atoms with E-state index in [1.165, 1.54) is 0 Å². The Labute approximate surface area is 124 Å². The second-order valence-electron chi connectivity index (χ2n) is 5.78. The van der Waals surface area contributed by atoms with Crippen molar-refractivity contribution in [3.05, 3.63) is 0 Å². The van der Waals surface area contributed by atoms with Crippen molar-refractivity contribution in [2.75, 3.05) is 39.8 Å². The van der Waals surface area contributed by atoms with Crippen LogP contribution in [0.3, 0.4) is 0 Å². The summed E-state index contributed by atoms with van der Waals surface area (Å²) in [6, 6.07) is 0. The Balaban J connectivity index is 2.06. The monoisotopic (exact) mass is 303 g/mol. The number of nitrogens with two attached hydrogens (primary N) is 1. The maximum atomic E-state index is 12.5. The maximum absolute atomic E-state index is 12.5. The molecule has 8 heteroatoms. The zero-order valence-electron chi connectivity index (χ0n) is 12.3. The van der Waals surface area contributed by atoms with Crippen molar-refractivity contribution in [2.45, 2.75) is 36.9 Å². The summed E-state index contributed by atoms with van der Waals surface area (Å²) in [5.74, 6) is -0.359. The van der Waals surface area contributed by atoms with Gasteiger partial charge in [0.15, 0.2) is 6.10 Å². The third-order valence-corrected chi connectivity index (χ3v) is 4.22. The minimum absolute atomic E-state index is 0.0303. The van der Waals surface area contributed by atoms with E-state index in [4.69, 9.17) is 10.5 Å². The summed E-state index contributed by atoms with van der Waals surface area (Å²) >= 11 is 0. The molecule has 2 aliphatic rings. The molecule has 0 aromatic heterocycles. The van der Waals surface area contributed by atoms with Gasteiger partial charge < -0.3 is 35.6 Å². The molecule has 0 aromatic rings. The van der Waals surface area contributed by atoms with Gasteiger partial charge in [-0.05, 0) is 20.0 Å². The van der Waals surface area contributed by atoms with Crippen molar-refractivity contribution in [1.82, 2.24) is 9.80 Å². The number of carbonyl (C=O) groups excluding carboxylic acids is 1. The summed E-state index contributed by atoms with van der Waals surface area (Å²) in [6.45, 7) is 2.76. The molecule has 0 spiro atoms. The standard InChI is InChI=1S/C13H25N3O5/c1-15-3-2-4-16(6-5-15)13(20)12-11(19)10(18)9(17)8(7-14)21-12/h8-12,17-19H,2-7,14H2,1H3/t8-,9-,10+,11+,12-/m0/s1. The summed E-state index contributed by atoms with van der Waals surface area (Å²) in [6.07, 6.45) is -5.36. The van der Waals surface area contributed by atoms with Gasteiger partial charge in [-0.15, -0.1) is 0 Å². The molecule has 0 saturated carbocycles. The maximum Gasteiger partial charge on any atom is 0.254 e. The van der Waals surface area contributed by atoms with Crippen molar-refractivity contribution in [3.63, 3.8) is 0 Å². The Kier molecular flexibility index (Phi) is 5.53. The van der Waals surface area contributed by atoms with E-state index in [-0.39, 0.29) is 12.5 Å². The van der Waals surface area contributed by atoms with E-state index >= 15 is 0 Å². The number of carbonyl (C=O) groups is 1. The van der Waals surface area contributed by atoms with Gasteiger partial charge in [-0.1, -0.05) is 0 Å². The Morgan fingerprint density at radius 3 is 2.52 bits per heavy atom. The highest BCUT2D eigenvalue weighted by Gasteiger charge is 2.47. The molecule has 8 nitrogen and oxygen atoms in total. The summed E-state index contributed by atoms with van der Waals surface area (Å²) in [5, 5.41) is 29.6. The number of ether oxygens (including phenoxy) is 1. The van der Waals surface area contributed by atoms with E-state index in [0.29, 0.717) is 13.1 Å². The van der Waals surface area contributed by atoms with E-state index in [9.17, 15) is 20.1 Å². The second kappa shape index (κ2) is 6.99. The lowest BCUT2D eigenvalue weighted by Crippen LogP contribution is -2.63. The molecule has 0 aliphatic carbocycles. The van der Waals surface area contributed by atoms with Crippen molar-refractivity contribution in [3.8, 4) is 0 Å². The molecule has 122 valence electrons. The molecular formula is C13H25N3O5. The summed E-state index contributed by atoms with van der Waals surface area (Å²) in [5.41, 5.74) is 5.48. The average molecular weight is 303 g/mol. The molecule has 21 heavy (non-hydrogen) atoms. The predicted molar refractivity (Wildman–Crippen MR) is 74.4 cm³/mol. The van der Waals surface area contributed by atoms with Gasteiger partial charge in [0, 0.05) is 26.2 Å². The van der Waals surface area contributed by atoms with Gasteiger partial charge >= 0.3 is 0 Å². The van der Waals surface area contributed by atoms with Gasteiger partial charge in [0.05, 0.1) is 6.10 Å². The quantitative estimate of drug-likeness (QED) is 0.428. The van der Waals surface area contributed by atoms with Gasteiger partial charge in [-0.2, -0.15) is 0 Å². The highest BCUT2D eigenvalue weighted by Crippen LogP contribution is 2.22. The molecule has 5 atom stereocenters. The predicted octanol–water partition coefficient (Wildman–Crippen LogP) is -3.04. The number of hydrogen-bond acceptors (Lipinski definition) is 7. The van der Waals surface area contributed by atoms with Gasteiger partial charge in [0.2, 0.25) is 0 Å². The number of hydrogen-bond donors (Lipinski definition) is 4. The van der Waals surface area contributed by atoms with E-state index in [1.54, 1.807) is 4.90 Å².